The molecule has 1 aliphatic rings. The Morgan fingerprint density at radius 3 is 2.62 bits per heavy atom. The standard InChI is InChI=1S/C10H9NO4S/c11-5-8-4-7-3-6(10(12)13)1-2-9(7)16(8,14)15/h1-4H,5,11H2,(H,12,13). The highest BCUT2D eigenvalue weighted by Crippen LogP contribution is 2.32. The number of hydrogen-bond donors (Lipinski definition) is 2. The molecule has 0 spiro atoms. The maximum absolute atomic E-state index is 11.8. The molecule has 0 saturated heterocycles. The molecule has 84 valence electrons. The minimum absolute atomic E-state index is 0.0588. The van der Waals surface area contributed by atoms with Gasteiger partial charge in [0.2, 0.25) is 9.84 Å². The van der Waals surface area contributed by atoms with Crippen molar-refractivity contribution >= 4 is 21.9 Å². The number of nitrogens with two attached hydrogens (primary N) is 1. The maximum atomic E-state index is 11.8. The molecule has 1 aliphatic heterocycles. The molecule has 16 heavy (non-hydrogen) atoms. The van der Waals surface area contributed by atoms with Crippen LogP contribution in [0, 0.1) is 0 Å². The predicted molar refractivity (Wildman–Crippen MR) is 57.6 cm³/mol. The summed E-state index contributed by atoms with van der Waals surface area (Å²) in [6.07, 6.45) is 1.41. The van der Waals surface area contributed by atoms with E-state index in [0.29, 0.717) is 5.56 Å². The Bertz CT molecular complexity index is 601. The second-order valence-electron chi connectivity index (χ2n) is 3.38. The molecule has 1 heterocycles. The zero-order chi connectivity index (χ0) is 11.9. The average molecular weight is 239 g/mol. The Morgan fingerprint density at radius 2 is 2.06 bits per heavy atom. The number of fused-ring (bicyclic) bond motifs is 1. The number of carbonyl (C=O) groups is 1. The lowest BCUT2D eigenvalue weighted by molar-refractivity contribution is 0.0696. The van der Waals surface area contributed by atoms with Crippen LogP contribution in [-0.4, -0.2) is 26.0 Å². The highest BCUT2D eigenvalue weighted by molar-refractivity contribution is 7.95. The summed E-state index contributed by atoms with van der Waals surface area (Å²) in [7, 11) is -3.50. The van der Waals surface area contributed by atoms with E-state index in [1.165, 1.54) is 24.3 Å². The normalized spacial score (nSPS) is 16.7. The minimum atomic E-state index is -3.50. The Morgan fingerprint density at radius 1 is 1.38 bits per heavy atom. The van der Waals surface area contributed by atoms with Crippen LogP contribution in [0.25, 0.3) is 6.08 Å². The lowest BCUT2D eigenvalue weighted by atomic mass is 10.1. The minimum Gasteiger partial charge on any atom is -0.478 e. The second kappa shape index (κ2) is 3.43. The van der Waals surface area contributed by atoms with E-state index in [-0.39, 0.29) is 21.9 Å². The third-order valence-electron chi connectivity index (χ3n) is 2.41. The molecule has 0 amide bonds. The molecule has 0 aliphatic carbocycles. The van der Waals surface area contributed by atoms with Gasteiger partial charge in [-0.25, -0.2) is 13.2 Å². The summed E-state index contributed by atoms with van der Waals surface area (Å²) in [5.74, 6) is -1.09. The van der Waals surface area contributed by atoms with Crippen LogP contribution < -0.4 is 5.73 Å². The Labute approximate surface area is 92.1 Å². The first-order valence-electron chi connectivity index (χ1n) is 4.50. The van der Waals surface area contributed by atoms with Gasteiger partial charge >= 0.3 is 5.97 Å². The summed E-state index contributed by atoms with van der Waals surface area (Å²) >= 11 is 0. The topological polar surface area (TPSA) is 97.5 Å². The van der Waals surface area contributed by atoms with Crippen molar-refractivity contribution in [2.75, 3.05) is 6.54 Å². The lowest BCUT2D eigenvalue weighted by Crippen LogP contribution is -2.10. The number of carboxylic acid groups (broad SMARTS) is 1. The van der Waals surface area contributed by atoms with Crippen LogP contribution in [-0.2, 0) is 9.84 Å². The van der Waals surface area contributed by atoms with Crippen molar-refractivity contribution < 1.29 is 18.3 Å². The van der Waals surface area contributed by atoms with Crippen LogP contribution in [0.4, 0.5) is 0 Å². The quantitative estimate of drug-likeness (QED) is 0.781. The van der Waals surface area contributed by atoms with Gasteiger partial charge < -0.3 is 10.8 Å². The fourth-order valence-electron chi connectivity index (χ4n) is 1.60. The van der Waals surface area contributed by atoms with Crippen molar-refractivity contribution in [2.45, 2.75) is 4.90 Å². The molecule has 0 radical (unpaired) electrons. The van der Waals surface area contributed by atoms with E-state index in [9.17, 15) is 13.2 Å². The molecule has 2 rings (SSSR count). The van der Waals surface area contributed by atoms with Gasteiger partial charge in [-0.05, 0) is 29.8 Å². The smallest absolute Gasteiger partial charge is 0.335 e. The second-order valence-corrected chi connectivity index (χ2v) is 5.35. The van der Waals surface area contributed by atoms with Gasteiger partial charge in [0.25, 0.3) is 0 Å². The number of sulfone groups is 1. The first-order chi connectivity index (χ1) is 7.46. The third-order valence-corrected chi connectivity index (χ3v) is 4.33. The monoisotopic (exact) mass is 239 g/mol. The van der Waals surface area contributed by atoms with Gasteiger partial charge in [-0.2, -0.15) is 0 Å². The van der Waals surface area contributed by atoms with Crippen LogP contribution in [0.3, 0.4) is 0 Å². The molecule has 0 unspecified atom stereocenters. The number of benzene rings is 1. The molecule has 6 heteroatoms. The van der Waals surface area contributed by atoms with E-state index in [1.807, 2.05) is 0 Å². The van der Waals surface area contributed by atoms with E-state index in [1.54, 1.807) is 0 Å². The molecular formula is C10H9NO4S. The summed E-state index contributed by atoms with van der Waals surface area (Å²) in [5.41, 5.74) is 5.77. The fourth-order valence-corrected chi connectivity index (χ4v) is 3.06. The van der Waals surface area contributed by atoms with Gasteiger partial charge in [0.05, 0.1) is 15.4 Å². The summed E-state index contributed by atoms with van der Waals surface area (Å²) in [6, 6.07) is 3.90. The molecule has 1 aromatic rings. The Kier molecular flexibility index (Phi) is 2.32. The SMILES string of the molecule is NCC1=Cc2cc(C(=O)O)ccc2S1(=O)=O. The molecule has 0 aromatic heterocycles. The highest BCUT2D eigenvalue weighted by Gasteiger charge is 2.28. The molecule has 3 N–H and O–H groups in total. The number of hydrogen-bond acceptors (Lipinski definition) is 4. The zero-order valence-electron chi connectivity index (χ0n) is 8.17. The van der Waals surface area contributed by atoms with Crippen LogP contribution >= 0.6 is 0 Å². The number of aromatic carboxylic acids is 1. The van der Waals surface area contributed by atoms with Gasteiger partial charge in [0, 0.05) is 6.54 Å². The summed E-state index contributed by atoms with van der Waals surface area (Å²) < 4.78 is 23.6. The van der Waals surface area contributed by atoms with Crippen LogP contribution in [0.15, 0.2) is 28.0 Å². The van der Waals surface area contributed by atoms with Crippen molar-refractivity contribution in [3.63, 3.8) is 0 Å². The zero-order valence-corrected chi connectivity index (χ0v) is 8.99. The summed E-state index contributed by atoms with van der Waals surface area (Å²) in [4.78, 5) is 11.0. The van der Waals surface area contributed by atoms with E-state index in [0.717, 1.165) is 0 Å². The lowest BCUT2D eigenvalue weighted by Gasteiger charge is -2.01. The first-order valence-corrected chi connectivity index (χ1v) is 5.98. The molecular weight excluding hydrogens is 230 g/mol. The van der Waals surface area contributed by atoms with Gasteiger partial charge in [-0.15, -0.1) is 0 Å². The molecule has 0 atom stereocenters. The number of rotatable bonds is 2. The highest BCUT2D eigenvalue weighted by atomic mass is 32.2. The molecule has 0 saturated carbocycles. The van der Waals surface area contributed by atoms with Crippen molar-refractivity contribution in [2.24, 2.45) is 5.73 Å². The molecule has 0 fully saturated rings. The molecule has 0 bridgehead atoms. The average Bonchev–Trinajstić information content (AvgIpc) is 2.49. The van der Waals surface area contributed by atoms with Crippen molar-refractivity contribution in [3.05, 3.63) is 34.2 Å². The summed E-state index contributed by atoms with van der Waals surface area (Å²) in [5, 5.41) is 8.77. The van der Waals surface area contributed by atoms with Gasteiger partial charge in [0.1, 0.15) is 0 Å². The number of carboxylic acids is 1. The van der Waals surface area contributed by atoms with Crippen molar-refractivity contribution in [1.29, 1.82) is 0 Å². The van der Waals surface area contributed by atoms with Gasteiger partial charge in [-0.3, -0.25) is 0 Å². The van der Waals surface area contributed by atoms with E-state index in [2.05, 4.69) is 0 Å². The van der Waals surface area contributed by atoms with E-state index < -0.39 is 15.8 Å². The van der Waals surface area contributed by atoms with Crippen LogP contribution in [0.5, 0.6) is 0 Å². The summed E-state index contributed by atoms with van der Waals surface area (Å²) in [6.45, 7) is -0.0839. The Balaban J connectivity index is 2.65. The van der Waals surface area contributed by atoms with Gasteiger partial charge in [0.15, 0.2) is 0 Å². The van der Waals surface area contributed by atoms with Crippen molar-refractivity contribution in [1.82, 2.24) is 0 Å². The van der Waals surface area contributed by atoms with E-state index >= 15 is 0 Å². The van der Waals surface area contributed by atoms with Gasteiger partial charge in [-0.1, -0.05) is 0 Å². The first kappa shape index (κ1) is 10.8. The predicted octanol–water partition coefficient (Wildman–Crippen LogP) is 0.472. The Hall–Kier alpha value is -1.66. The third kappa shape index (κ3) is 1.43. The molecule has 1 aromatic carbocycles. The van der Waals surface area contributed by atoms with E-state index in [4.69, 9.17) is 10.8 Å². The fraction of sp³-hybridized carbons (Fsp3) is 0.100. The van der Waals surface area contributed by atoms with Crippen molar-refractivity contribution in [3.8, 4) is 0 Å². The van der Waals surface area contributed by atoms with Crippen LogP contribution in [0.1, 0.15) is 15.9 Å². The maximum Gasteiger partial charge on any atom is 0.335 e. The molecule has 5 nitrogen and oxygen atoms in total. The largest absolute Gasteiger partial charge is 0.478 e. The van der Waals surface area contributed by atoms with Crippen LogP contribution in [0.2, 0.25) is 0 Å².